The van der Waals surface area contributed by atoms with Crippen molar-refractivity contribution in [2.75, 3.05) is 19.2 Å². The zero-order valence-electron chi connectivity index (χ0n) is 14.3. The molecule has 0 spiro atoms. The van der Waals surface area contributed by atoms with Crippen molar-refractivity contribution >= 4 is 39.0 Å². The van der Waals surface area contributed by atoms with Gasteiger partial charge in [-0.2, -0.15) is 0 Å². The van der Waals surface area contributed by atoms with Crippen molar-refractivity contribution in [3.8, 4) is 11.5 Å². The summed E-state index contributed by atoms with van der Waals surface area (Å²) in [5.74, 6) is 0.0963. The van der Waals surface area contributed by atoms with Gasteiger partial charge >= 0.3 is 5.97 Å². The Kier molecular flexibility index (Phi) is 5.31. The lowest BCUT2D eigenvalue weighted by molar-refractivity contribution is -0.393. The van der Waals surface area contributed by atoms with E-state index in [-0.39, 0.29) is 24.6 Å². The summed E-state index contributed by atoms with van der Waals surface area (Å²) < 4.78 is 15.9. The molecule has 12 heteroatoms. The summed E-state index contributed by atoms with van der Waals surface area (Å²) in [5, 5.41) is 25.3. The highest BCUT2D eigenvalue weighted by molar-refractivity contribution is 9.10. The van der Waals surface area contributed by atoms with E-state index in [2.05, 4.69) is 26.0 Å². The fraction of sp³-hybridized carbons (Fsp3) is 0.188. The van der Waals surface area contributed by atoms with Crippen LogP contribution in [0.1, 0.15) is 15.9 Å². The number of halogens is 1. The summed E-state index contributed by atoms with van der Waals surface area (Å²) >= 11 is 3.35. The smallest absolute Gasteiger partial charge is 0.340 e. The van der Waals surface area contributed by atoms with Gasteiger partial charge in [0.05, 0.1) is 33.1 Å². The number of anilines is 1. The normalized spacial score (nSPS) is 11.8. The molecule has 1 aliphatic rings. The Hall–Kier alpha value is -3.41. The summed E-state index contributed by atoms with van der Waals surface area (Å²) in [6, 6.07) is 5.10. The van der Waals surface area contributed by atoms with E-state index in [1.807, 2.05) is 0 Å². The van der Waals surface area contributed by atoms with Crippen LogP contribution >= 0.6 is 15.9 Å². The van der Waals surface area contributed by atoms with E-state index in [0.29, 0.717) is 21.5 Å². The monoisotopic (exact) mass is 453 g/mol. The first kappa shape index (κ1) is 19.4. The molecule has 1 N–H and O–H groups in total. The molecule has 0 aromatic heterocycles. The number of methoxy groups -OCH3 is 1. The van der Waals surface area contributed by atoms with Crippen LogP contribution in [0.3, 0.4) is 0 Å². The molecule has 0 bridgehead atoms. The first-order valence-electron chi connectivity index (χ1n) is 7.69. The predicted molar refractivity (Wildman–Crippen MR) is 98.7 cm³/mol. The van der Waals surface area contributed by atoms with Gasteiger partial charge in [-0.3, -0.25) is 20.2 Å². The lowest BCUT2D eigenvalue weighted by atomic mass is 10.1. The number of benzene rings is 2. The number of hydrogen-bond donors (Lipinski definition) is 1. The Morgan fingerprint density at radius 1 is 1.21 bits per heavy atom. The summed E-state index contributed by atoms with van der Waals surface area (Å²) in [4.78, 5) is 32.9. The van der Waals surface area contributed by atoms with E-state index >= 15 is 0 Å². The maximum Gasteiger partial charge on any atom is 0.340 e. The van der Waals surface area contributed by atoms with Crippen LogP contribution < -0.4 is 14.8 Å². The van der Waals surface area contributed by atoms with E-state index in [1.54, 1.807) is 12.1 Å². The molecule has 0 saturated carbocycles. The van der Waals surface area contributed by atoms with Crippen LogP contribution in [0.15, 0.2) is 28.7 Å². The van der Waals surface area contributed by atoms with Crippen molar-refractivity contribution in [1.29, 1.82) is 0 Å². The number of nitrogens with one attached hydrogen (secondary N) is 1. The van der Waals surface area contributed by atoms with E-state index in [1.165, 1.54) is 0 Å². The maximum atomic E-state index is 12.1. The number of ether oxygens (including phenoxy) is 3. The minimum atomic E-state index is -0.943. The Morgan fingerprint density at radius 3 is 2.61 bits per heavy atom. The number of nitro groups is 2. The number of nitrogens with zero attached hydrogens (tertiary/aromatic N) is 2. The molecule has 1 heterocycles. The van der Waals surface area contributed by atoms with Crippen molar-refractivity contribution in [2.24, 2.45) is 0 Å². The molecule has 2 aromatic rings. The third kappa shape index (κ3) is 3.67. The van der Waals surface area contributed by atoms with Crippen LogP contribution in [0, 0.1) is 20.2 Å². The summed E-state index contributed by atoms with van der Waals surface area (Å²) in [6.45, 7) is 0.142. The fourth-order valence-electron chi connectivity index (χ4n) is 2.63. The number of esters is 1. The van der Waals surface area contributed by atoms with Crippen molar-refractivity contribution in [2.45, 2.75) is 6.54 Å². The van der Waals surface area contributed by atoms with Crippen molar-refractivity contribution in [3.63, 3.8) is 0 Å². The van der Waals surface area contributed by atoms with Crippen molar-refractivity contribution in [1.82, 2.24) is 0 Å². The van der Waals surface area contributed by atoms with Crippen LogP contribution in [0.2, 0.25) is 0 Å². The summed E-state index contributed by atoms with van der Waals surface area (Å²) in [6.07, 6.45) is 0. The molecule has 0 amide bonds. The average molecular weight is 454 g/mol. The molecule has 0 aliphatic carbocycles. The topological polar surface area (TPSA) is 143 Å². The second-order valence-electron chi connectivity index (χ2n) is 5.56. The molecule has 2 aromatic carbocycles. The second kappa shape index (κ2) is 7.68. The Morgan fingerprint density at radius 2 is 1.96 bits per heavy atom. The molecule has 0 saturated heterocycles. The molecular formula is C16H12BrN3O8. The molecule has 28 heavy (non-hydrogen) atoms. The second-order valence-corrected chi connectivity index (χ2v) is 6.41. The lowest BCUT2D eigenvalue weighted by Gasteiger charge is -2.12. The Bertz CT molecular complexity index is 994. The zero-order valence-corrected chi connectivity index (χ0v) is 15.8. The summed E-state index contributed by atoms with van der Waals surface area (Å²) in [7, 11) is 1.08. The fourth-order valence-corrected chi connectivity index (χ4v) is 3.24. The van der Waals surface area contributed by atoms with Crippen molar-refractivity contribution < 1.29 is 28.9 Å². The first-order chi connectivity index (χ1) is 13.3. The number of non-ortho nitro benzene ring substituents is 1. The number of carbonyl (C=O) groups is 1. The highest BCUT2D eigenvalue weighted by Gasteiger charge is 2.28. The van der Waals surface area contributed by atoms with Gasteiger partial charge in [0.1, 0.15) is 5.69 Å². The molecule has 1 aliphatic heterocycles. The van der Waals surface area contributed by atoms with E-state index in [9.17, 15) is 25.0 Å². The minimum Gasteiger partial charge on any atom is -0.465 e. The third-order valence-corrected chi connectivity index (χ3v) is 4.46. The van der Waals surface area contributed by atoms with Gasteiger partial charge in [0, 0.05) is 12.6 Å². The van der Waals surface area contributed by atoms with E-state index < -0.39 is 27.2 Å². The van der Waals surface area contributed by atoms with Crippen LogP contribution in [0.25, 0.3) is 0 Å². The molecule has 3 rings (SSSR count). The molecule has 146 valence electrons. The highest BCUT2D eigenvalue weighted by Crippen LogP contribution is 2.40. The SMILES string of the molecule is COC(=O)c1cc([N+](=O)[O-])cc([N+](=O)[O-])c1NCc1cc(Br)c2c(c1)OCO2. The van der Waals surface area contributed by atoms with Gasteiger partial charge < -0.3 is 19.5 Å². The first-order valence-corrected chi connectivity index (χ1v) is 8.48. The van der Waals surface area contributed by atoms with Gasteiger partial charge in [0.25, 0.3) is 11.4 Å². The van der Waals surface area contributed by atoms with E-state index in [4.69, 9.17) is 9.47 Å². The van der Waals surface area contributed by atoms with Crippen LogP contribution in [0.5, 0.6) is 11.5 Å². The molecule has 0 radical (unpaired) electrons. The van der Waals surface area contributed by atoms with Gasteiger partial charge in [-0.25, -0.2) is 4.79 Å². The van der Waals surface area contributed by atoms with Crippen LogP contribution in [0.4, 0.5) is 17.1 Å². The Balaban J connectivity index is 2.00. The number of hydrogen-bond acceptors (Lipinski definition) is 9. The highest BCUT2D eigenvalue weighted by atomic mass is 79.9. The minimum absolute atomic E-state index is 0.0673. The van der Waals surface area contributed by atoms with E-state index in [0.717, 1.165) is 19.2 Å². The summed E-state index contributed by atoms with van der Waals surface area (Å²) in [5.41, 5.74) is -1.04. The molecule has 11 nitrogen and oxygen atoms in total. The third-order valence-electron chi connectivity index (χ3n) is 3.87. The van der Waals surface area contributed by atoms with Gasteiger partial charge in [-0.1, -0.05) is 0 Å². The van der Waals surface area contributed by atoms with Gasteiger partial charge in [0.2, 0.25) is 6.79 Å². The van der Waals surface area contributed by atoms with Crippen LogP contribution in [-0.2, 0) is 11.3 Å². The largest absolute Gasteiger partial charge is 0.465 e. The number of rotatable bonds is 6. The quantitative estimate of drug-likeness (QED) is 0.395. The van der Waals surface area contributed by atoms with Gasteiger partial charge in [-0.05, 0) is 33.6 Å². The average Bonchev–Trinajstić information content (AvgIpc) is 3.14. The van der Waals surface area contributed by atoms with Crippen molar-refractivity contribution in [3.05, 3.63) is 60.1 Å². The standard InChI is InChI=1S/C16H12BrN3O8/c1-26-16(21)10-4-9(19(22)23)5-12(20(24)25)14(10)18-6-8-2-11(17)15-13(3-8)27-7-28-15/h2-5,18H,6-7H2,1H3. The van der Waals surface area contributed by atoms with Gasteiger partial charge in [-0.15, -0.1) is 0 Å². The lowest BCUT2D eigenvalue weighted by Crippen LogP contribution is -2.11. The van der Waals surface area contributed by atoms with Gasteiger partial charge in [0.15, 0.2) is 11.5 Å². The molecule has 0 fully saturated rings. The number of carbonyl (C=O) groups excluding carboxylic acids is 1. The molecular weight excluding hydrogens is 442 g/mol. The number of fused-ring (bicyclic) bond motifs is 1. The molecule has 0 unspecified atom stereocenters. The Labute approximate surface area is 165 Å². The number of nitro benzene ring substituents is 2. The predicted octanol–water partition coefficient (Wildman–Crippen LogP) is 3.39. The maximum absolute atomic E-state index is 12.1. The molecule has 0 atom stereocenters. The van der Waals surface area contributed by atoms with Crippen LogP contribution in [-0.4, -0.2) is 29.7 Å². The zero-order chi connectivity index (χ0) is 20.4.